The normalized spacial score (nSPS) is 29.4. The molecule has 0 bridgehead atoms. The van der Waals surface area contributed by atoms with Gasteiger partial charge in [-0.2, -0.15) is 0 Å². The fraction of sp³-hybridized carbons (Fsp3) is 0.941. The van der Waals surface area contributed by atoms with Gasteiger partial charge in [0, 0.05) is 19.7 Å². The van der Waals surface area contributed by atoms with Gasteiger partial charge < -0.3 is 19.8 Å². The molecule has 0 aromatic rings. The molecule has 2 N–H and O–H groups in total. The minimum absolute atomic E-state index is 0.00851. The van der Waals surface area contributed by atoms with Crippen LogP contribution < -0.4 is 0 Å². The van der Waals surface area contributed by atoms with Crippen LogP contribution in [0.4, 0.5) is 4.79 Å². The van der Waals surface area contributed by atoms with E-state index in [9.17, 15) is 9.90 Å². The molecule has 22 heavy (non-hydrogen) atoms. The first-order valence-electron chi connectivity index (χ1n) is 8.54. The molecule has 1 heterocycles. The van der Waals surface area contributed by atoms with Gasteiger partial charge >= 0.3 is 6.09 Å². The summed E-state index contributed by atoms with van der Waals surface area (Å²) < 4.78 is 6.60. The first kappa shape index (κ1) is 17.5. The maximum Gasteiger partial charge on any atom is 0.407 e. The number of hydrogen-bond donors (Lipinski definition) is 2. The lowest BCUT2D eigenvalue weighted by molar-refractivity contribution is -0.184. The van der Waals surface area contributed by atoms with E-state index in [1.54, 1.807) is 0 Å². The monoisotopic (exact) mass is 313 g/mol. The number of piperidine rings is 1. The number of nitrogens with zero attached hydrogens (tertiary/aromatic N) is 1. The van der Waals surface area contributed by atoms with Crippen molar-refractivity contribution in [3.05, 3.63) is 0 Å². The number of aliphatic hydroxyl groups excluding tert-OH is 1. The molecule has 0 spiro atoms. The van der Waals surface area contributed by atoms with Crippen LogP contribution in [0.3, 0.4) is 0 Å². The molecule has 128 valence electrons. The van der Waals surface area contributed by atoms with Crippen LogP contribution in [-0.2, 0) is 4.74 Å². The largest absolute Gasteiger partial charge is 0.465 e. The molecule has 0 radical (unpaired) electrons. The van der Waals surface area contributed by atoms with E-state index in [1.165, 1.54) is 4.90 Å². The number of ether oxygens (including phenoxy) is 1. The SMILES string of the molecule is CC(C)(C)C1(O[C@H]2CC[C@H](CO)CC2)CCN(C(=O)O)CC1. The average Bonchev–Trinajstić information content (AvgIpc) is 2.47. The zero-order valence-electron chi connectivity index (χ0n) is 14.2. The van der Waals surface area contributed by atoms with Crippen LogP contribution in [0.15, 0.2) is 0 Å². The van der Waals surface area contributed by atoms with Gasteiger partial charge in [0.25, 0.3) is 0 Å². The summed E-state index contributed by atoms with van der Waals surface area (Å²) in [5.41, 5.74) is -0.249. The number of likely N-dealkylation sites (tertiary alicyclic amines) is 1. The van der Waals surface area contributed by atoms with Crippen LogP contribution in [0, 0.1) is 11.3 Å². The molecule has 1 amide bonds. The molecule has 0 aromatic heterocycles. The Morgan fingerprint density at radius 2 is 1.73 bits per heavy atom. The lowest BCUT2D eigenvalue weighted by Gasteiger charge is -2.51. The van der Waals surface area contributed by atoms with Crippen molar-refractivity contribution in [1.82, 2.24) is 4.90 Å². The molecule has 0 aromatic carbocycles. The molecule has 5 nitrogen and oxygen atoms in total. The number of carbonyl (C=O) groups is 1. The predicted molar refractivity (Wildman–Crippen MR) is 84.9 cm³/mol. The Balaban J connectivity index is 2.01. The Morgan fingerprint density at radius 3 is 2.14 bits per heavy atom. The predicted octanol–water partition coefficient (Wildman–Crippen LogP) is 3.11. The smallest absolute Gasteiger partial charge is 0.407 e. The molecule has 1 aliphatic carbocycles. The van der Waals surface area contributed by atoms with Gasteiger partial charge in [-0.15, -0.1) is 0 Å². The Morgan fingerprint density at radius 1 is 1.18 bits per heavy atom. The third kappa shape index (κ3) is 3.74. The summed E-state index contributed by atoms with van der Waals surface area (Å²) in [6, 6.07) is 0. The topological polar surface area (TPSA) is 70.0 Å². The second-order valence-corrected chi connectivity index (χ2v) is 7.96. The first-order chi connectivity index (χ1) is 10.3. The average molecular weight is 313 g/mol. The van der Waals surface area contributed by atoms with E-state index in [-0.39, 0.29) is 23.7 Å². The van der Waals surface area contributed by atoms with E-state index in [0.717, 1.165) is 38.5 Å². The molecule has 0 atom stereocenters. The molecular formula is C17H31NO4. The van der Waals surface area contributed by atoms with Gasteiger partial charge in [0.05, 0.1) is 11.7 Å². The van der Waals surface area contributed by atoms with Crippen LogP contribution in [0.2, 0.25) is 0 Å². The van der Waals surface area contributed by atoms with Crippen molar-refractivity contribution in [3.63, 3.8) is 0 Å². The Labute approximate surface area is 133 Å². The molecular weight excluding hydrogens is 282 g/mol. The van der Waals surface area contributed by atoms with Crippen LogP contribution in [0.5, 0.6) is 0 Å². The zero-order chi connectivity index (χ0) is 16.4. The lowest BCUT2D eigenvalue weighted by atomic mass is 9.70. The number of amides is 1. The number of rotatable bonds is 3. The molecule has 1 aliphatic heterocycles. The lowest BCUT2D eigenvalue weighted by Crippen LogP contribution is -2.56. The fourth-order valence-electron chi connectivity index (χ4n) is 3.86. The summed E-state index contributed by atoms with van der Waals surface area (Å²) in [5, 5.41) is 18.4. The van der Waals surface area contributed by atoms with Crippen molar-refractivity contribution < 1.29 is 19.7 Å². The molecule has 5 heteroatoms. The van der Waals surface area contributed by atoms with E-state index in [4.69, 9.17) is 9.84 Å². The summed E-state index contributed by atoms with van der Waals surface area (Å²) >= 11 is 0. The van der Waals surface area contributed by atoms with E-state index in [2.05, 4.69) is 20.8 Å². The summed E-state index contributed by atoms with van der Waals surface area (Å²) in [4.78, 5) is 12.6. The van der Waals surface area contributed by atoms with Crippen LogP contribution >= 0.6 is 0 Å². The van der Waals surface area contributed by atoms with E-state index >= 15 is 0 Å². The van der Waals surface area contributed by atoms with Gasteiger partial charge in [-0.1, -0.05) is 20.8 Å². The molecule has 1 saturated carbocycles. The summed E-state index contributed by atoms with van der Waals surface area (Å²) in [5.74, 6) is 0.430. The second-order valence-electron chi connectivity index (χ2n) is 7.96. The summed E-state index contributed by atoms with van der Waals surface area (Å²) in [6.07, 6.45) is 5.03. The molecule has 1 saturated heterocycles. The van der Waals surface area contributed by atoms with Crippen LogP contribution in [0.1, 0.15) is 59.3 Å². The maximum absolute atomic E-state index is 11.1. The molecule has 2 aliphatic rings. The second kappa shape index (κ2) is 6.75. The Bertz CT molecular complexity index is 375. The van der Waals surface area contributed by atoms with Gasteiger partial charge in [-0.3, -0.25) is 0 Å². The van der Waals surface area contributed by atoms with Crippen molar-refractivity contribution in [2.75, 3.05) is 19.7 Å². The number of carboxylic acid groups (broad SMARTS) is 1. The minimum Gasteiger partial charge on any atom is -0.465 e. The van der Waals surface area contributed by atoms with E-state index in [1.807, 2.05) is 0 Å². The third-order valence-electron chi connectivity index (χ3n) is 5.65. The summed E-state index contributed by atoms with van der Waals surface area (Å²) in [6.45, 7) is 7.98. The third-order valence-corrected chi connectivity index (χ3v) is 5.65. The van der Waals surface area contributed by atoms with Gasteiger partial charge in [0.2, 0.25) is 0 Å². The quantitative estimate of drug-likeness (QED) is 0.840. The molecule has 2 rings (SSSR count). The van der Waals surface area contributed by atoms with Gasteiger partial charge in [-0.05, 0) is 49.9 Å². The van der Waals surface area contributed by atoms with Crippen LogP contribution in [0.25, 0.3) is 0 Å². The van der Waals surface area contributed by atoms with Gasteiger partial charge in [0.1, 0.15) is 0 Å². The fourth-order valence-corrected chi connectivity index (χ4v) is 3.86. The highest BCUT2D eigenvalue weighted by molar-refractivity contribution is 5.65. The highest BCUT2D eigenvalue weighted by Crippen LogP contribution is 2.44. The van der Waals surface area contributed by atoms with Crippen molar-refractivity contribution in [2.24, 2.45) is 11.3 Å². The van der Waals surface area contributed by atoms with E-state index < -0.39 is 6.09 Å². The van der Waals surface area contributed by atoms with Crippen LogP contribution in [-0.4, -0.2) is 52.6 Å². The Hall–Kier alpha value is -0.810. The van der Waals surface area contributed by atoms with Crippen molar-refractivity contribution in [2.45, 2.75) is 71.0 Å². The highest BCUT2D eigenvalue weighted by atomic mass is 16.5. The maximum atomic E-state index is 11.1. The summed E-state index contributed by atoms with van der Waals surface area (Å²) in [7, 11) is 0. The van der Waals surface area contributed by atoms with Crippen molar-refractivity contribution in [1.29, 1.82) is 0 Å². The first-order valence-corrected chi connectivity index (χ1v) is 8.54. The highest BCUT2D eigenvalue weighted by Gasteiger charge is 2.47. The zero-order valence-corrected chi connectivity index (χ0v) is 14.2. The molecule has 0 unspecified atom stereocenters. The standard InChI is InChI=1S/C17H31NO4/c1-16(2,3)17(8-10-18(11-9-17)15(20)21)22-14-6-4-13(12-19)5-7-14/h13-14,19H,4-12H2,1-3H3,(H,20,21)/t13-,14-. The van der Waals surface area contributed by atoms with E-state index in [0.29, 0.717) is 19.0 Å². The molecule has 2 fully saturated rings. The van der Waals surface area contributed by atoms with Crippen molar-refractivity contribution in [3.8, 4) is 0 Å². The number of hydrogen-bond acceptors (Lipinski definition) is 3. The Kier molecular flexibility index (Phi) is 5.38. The minimum atomic E-state index is -0.828. The number of aliphatic hydroxyl groups is 1. The van der Waals surface area contributed by atoms with Gasteiger partial charge in [0.15, 0.2) is 0 Å². The van der Waals surface area contributed by atoms with Crippen molar-refractivity contribution >= 4 is 6.09 Å². The van der Waals surface area contributed by atoms with Gasteiger partial charge in [-0.25, -0.2) is 4.79 Å².